The highest BCUT2D eigenvalue weighted by molar-refractivity contribution is 5.96. The number of hydrogen-bond donors (Lipinski definition) is 2. The lowest BCUT2D eigenvalue weighted by Crippen LogP contribution is -2.13. The second kappa shape index (κ2) is 4.87. The van der Waals surface area contributed by atoms with E-state index in [1.807, 2.05) is 42.8 Å². The standard InChI is InChI=1S/C12H15N5O/c1-8-14-9(2)17(15-8)7-10-3-5-11(6-4-10)12(13)16-18/h3-6,18H,7H2,1-2H3,(H2,13,16). The van der Waals surface area contributed by atoms with Crippen LogP contribution in [0.25, 0.3) is 0 Å². The van der Waals surface area contributed by atoms with E-state index in [1.54, 1.807) is 0 Å². The van der Waals surface area contributed by atoms with Crippen molar-refractivity contribution in [2.24, 2.45) is 10.9 Å². The van der Waals surface area contributed by atoms with E-state index in [9.17, 15) is 0 Å². The molecule has 6 heteroatoms. The summed E-state index contributed by atoms with van der Waals surface area (Å²) in [4.78, 5) is 4.25. The molecule has 18 heavy (non-hydrogen) atoms. The lowest BCUT2D eigenvalue weighted by Gasteiger charge is -2.04. The van der Waals surface area contributed by atoms with Gasteiger partial charge in [-0.15, -0.1) is 0 Å². The van der Waals surface area contributed by atoms with Crippen LogP contribution in [0.4, 0.5) is 0 Å². The van der Waals surface area contributed by atoms with Gasteiger partial charge in [0, 0.05) is 5.56 Å². The Labute approximate surface area is 105 Å². The normalized spacial score (nSPS) is 11.8. The highest BCUT2D eigenvalue weighted by Crippen LogP contribution is 2.07. The zero-order valence-electron chi connectivity index (χ0n) is 10.3. The van der Waals surface area contributed by atoms with Crippen molar-refractivity contribution < 1.29 is 5.21 Å². The van der Waals surface area contributed by atoms with E-state index in [4.69, 9.17) is 10.9 Å². The van der Waals surface area contributed by atoms with Crippen LogP contribution < -0.4 is 5.73 Å². The van der Waals surface area contributed by atoms with Gasteiger partial charge in [-0.1, -0.05) is 29.4 Å². The van der Waals surface area contributed by atoms with Gasteiger partial charge in [-0.05, 0) is 19.4 Å². The predicted octanol–water partition coefficient (Wildman–Crippen LogP) is 1.04. The summed E-state index contributed by atoms with van der Waals surface area (Å²) in [5, 5.41) is 15.8. The molecule has 1 aromatic heterocycles. The second-order valence-corrected chi connectivity index (χ2v) is 4.05. The molecule has 0 spiro atoms. The molecule has 1 aromatic carbocycles. The molecule has 0 aliphatic carbocycles. The molecule has 0 atom stereocenters. The number of oxime groups is 1. The first-order chi connectivity index (χ1) is 8.60. The largest absolute Gasteiger partial charge is 0.409 e. The molecule has 2 aromatic rings. The van der Waals surface area contributed by atoms with Crippen LogP contribution in [0.15, 0.2) is 29.4 Å². The molecule has 0 aliphatic heterocycles. The molecular formula is C12H15N5O. The van der Waals surface area contributed by atoms with Crippen LogP contribution in [-0.4, -0.2) is 25.8 Å². The molecule has 6 nitrogen and oxygen atoms in total. The van der Waals surface area contributed by atoms with Gasteiger partial charge >= 0.3 is 0 Å². The van der Waals surface area contributed by atoms with Crippen LogP contribution in [0.5, 0.6) is 0 Å². The molecule has 0 fully saturated rings. The van der Waals surface area contributed by atoms with Crippen LogP contribution in [0, 0.1) is 13.8 Å². The smallest absolute Gasteiger partial charge is 0.170 e. The Bertz CT molecular complexity index is 571. The Morgan fingerprint density at radius 3 is 2.50 bits per heavy atom. The van der Waals surface area contributed by atoms with E-state index in [-0.39, 0.29) is 5.84 Å². The SMILES string of the molecule is Cc1nc(C)n(Cc2ccc(C(N)=NO)cc2)n1. The fourth-order valence-corrected chi connectivity index (χ4v) is 1.72. The molecule has 0 aliphatic rings. The van der Waals surface area contributed by atoms with Crippen LogP contribution in [0.3, 0.4) is 0 Å². The Morgan fingerprint density at radius 2 is 2.00 bits per heavy atom. The molecular weight excluding hydrogens is 230 g/mol. The highest BCUT2D eigenvalue weighted by atomic mass is 16.4. The summed E-state index contributed by atoms with van der Waals surface area (Å²) < 4.78 is 1.84. The molecule has 94 valence electrons. The first kappa shape index (κ1) is 12.1. The maximum absolute atomic E-state index is 8.57. The molecule has 0 radical (unpaired) electrons. The van der Waals surface area contributed by atoms with E-state index in [1.165, 1.54) is 0 Å². The van der Waals surface area contributed by atoms with Crippen molar-refractivity contribution in [3.05, 3.63) is 47.0 Å². The molecule has 0 saturated heterocycles. The third-order valence-corrected chi connectivity index (χ3v) is 2.65. The van der Waals surface area contributed by atoms with Gasteiger partial charge in [0.05, 0.1) is 6.54 Å². The Morgan fingerprint density at radius 1 is 1.33 bits per heavy atom. The van der Waals surface area contributed by atoms with E-state index >= 15 is 0 Å². The lowest BCUT2D eigenvalue weighted by atomic mass is 10.1. The third kappa shape index (κ3) is 2.48. The minimum Gasteiger partial charge on any atom is -0.409 e. The topological polar surface area (TPSA) is 89.3 Å². The van der Waals surface area contributed by atoms with Crippen molar-refractivity contribution in [3.8, 4) is 0 Å². The molecule has 2 rings (SSSR count). The minimum atomic E-state index is 0.106. The number of aryl methyl sites for hydroxylation is 2. The summed E-state index contributed by atoms with van der Waals surface area (Å²) in [7, 11) is 0. The summed E-state index contributed by atoms with van der Waals surface area (Å²) in [6.07, 6.45) is 0. The minimum absolute atomic E-state index is 0.106. The van der Waals surface area contributed by atoms with Crippen molar-refractivity contribution in [3.63, 3.8) is 0 Å². The molecule has 1 heterocycles. The van der Waals surface area contributed by atoms with Crippen molar-refractivity contribution in [2.45, 2.75) is 20.4 Å². The average molecular weight is 245 g/mol. The summed E-state index contributed by atoms with van der Waals surface area (Å²) in [5.74, 6) is 1.75. The number of nitrogens with two attached hydrogens (primary N) is 1. The third-order valence-electron chi connectivity index (χ3n) is 2.65. The molecule has 3 N–H and O–H groups in total. The highest BCUT2D eigenvalue weighted by Gasteiger charge is 2.04. The Balaban J connectivity index is 2.18. The molecule has 0 unspecified atom stereocenters. The van der Waals surface area contributed by atoms with Crippen molar-refractivity contribution >= 4 is 5.84 Å². The lowest BCUT2D eigenvalue weighted by molar-refractivity contribution is 0.318. The number of rotatable bonds is 3. The Hall–Kier alpha value is -2.37. The van der Waals surface area contributed by atoms with Crippen molar-refractivity contribution in [2.75, 3.05) is 0 Å². The van der Waals surface area contributed by atoms with E-state index in [0.717, 1.165) is 17.2 Å². The maximum atomic E-state index is 8.57. The zero-order chi connectivity index (χ0) is 13.1. The van der Waals surface area contributed by atoms with Crippen LogP contribution in [0.1, 0.15) is 22.8 Å². The fourth-order valence-electron chi connectivity index (χ4n) is 1.72. The van der Waals surface area contributed by atoms with Gasteiger partial charge in [-0.25, -0.2) is 9.67 Å². The first-order valence-corrected chi connectivity index (χ1v) is 5.55. The zero-order valence-corrected chi connectivity index (χ0v) is 10.3. The first-order valence-electron chi connectivity index (χ1n) is 5.55. The van der Waals surface area contributed by atoms with Gasteiger partial charge in [0.2, 0.25) is 0 Å². The van der Waals surface area contributed by atoms with Gasteiger partial charge in [0.1, 0.15) is 11.6 Å². The quantitative estimate of drug-likeness (QED) is 0.366. The average Bonchev–Trinajstić information content (AvgIpc) is 2.68. The summed E-state index contributed by atoms with van der Waals surface area (Å²) in [6.45, 7) is 4.44. The molecule has 0 saturated carbocycles. The van der Waals surface area contributed by atoms with E-state index < -0.39 is 0 Å². The van der Waals surface area contributed by atoms with Gasteiger partial charge in [0.15, 0.2) is 5.84 Å². The van der Waals surface area contributed by atoms with E-state index in [0.29, 0.717) is 12.1 Å². The predicted molar refractivity (Wildman–Crippen MR) is 67.6 cm³/mol. The second-order valence-electron chi connectivity index (χ2n) is 4.05. The van der Waals surface area contributed by atoms with Crippen LogP contribution in [0.2, 0.25) is 0 Å². The van der Waals surface area contributed by atoms with Gasteiger partial charge in [0.25, 0.3) is 0 Å². The van der Waals surface area contributed by atoms with Crippen LogP contribution in [-0.2, 0) is 6.54 Å². The summed E-state index contributed by atoms with van der Waals surface area (Å²) in [6, 6.07) is 7.46. The number of hydrogen-bond acceptors (Lipinski definition) is 4. The number of aromatic nitrogens is 3. The monoisotopic (exact) mass is 245 g/mol. The molecule has 0 bridgehead atoms. The number of amidine groups is 1. The fraction of sp³-hybridized carbons (Fsp3) is 0.250. The van der Waals surface area contributed by atoms with Crippen molar-refractivity contribution in [1.29, 1.82) is 0 Å². The molecule has 0 amide bonds. The summed E-state index contributed by atoms with van der Waals surface area (Å²) in [5.41, 5.74) is 7.27. The number of nitrogens with zero attached hydrogens (tertiary/aromatic N) is 4. The van der Waals surface area contributed by atoms with Crippen molar-refractivity contribution in [1.82, 2.24) is 14.8 Å². The van der Waals surface area contributed by atoms with Crippen LogP contribution >= 0.6 is 0 Å². The number of benzene rings is 1. The maximum Gasteiger partial charge on any atom is 0.170 e. The van der Waals surface area contributed by atoms with Gasteiger partial charge in [-0.2, -0.15) is 5.10 Å². The Kier molecular flexibility index (Phi) is 3.27. The summed E-state index contributed by atoms with van der Waals surface area (Å²) >= 11 is 0. The van der Waals surface area contributed by atoms with Gasteiger partial charge < -0.3 is 10.9 Å². The van der Waals surface area contributed by atoms with E-state index in [2.05, 4.69) is 15.2 Å². The van der Waals surface area contributed by atoms with Gasteiger partial charge in [-0.3, -0.25) is 0 Å².